The molecule has 1 N–H and O–H groups in total. The molecule has 1 aliphatic heterocycles. The van der Waals surface area contributed by atoms with Crippen LogP contribution >= 0.6 is 15.9 Å². The van der Waals surface area contributed by atoms with Gasteiger partial charge in [-0.1, -0.05) is 22.0 Å². The number of hydrogen-bond donors (Lipinski definition) is 1. The van der Waals surface area contributed by atoms with Crippen molar-refractivity contribution < 1.29 is 13.9 Å². The van der Waals surface area contributed by atoms with Crippen LogP contribution in [0.15, 0.2) is 22.7 Å². The molecule has 0 aromatic heterocycles. The zero-order chi connectivity index (χ0) is 13.7. The number of hydrogen-bond acceptors (Lipinski definition) is 3. The van der Waals surface area contributed by atoms with E-state index in [9.17, 15) is 4.39 Å². The molecule has 0 aliphatic carbocycles. The summed E-state index contributed by atoms with van der Waals surface area (Å²) in [6, 6.07) is 4.78. The minimum Gasteiger partial charge on any atom is -0.383 e. The van der Waals surface area contributed by atoms with E-state index in [4.69, 9.17) is 9.47 Å². The standard InChI is InChI=1S/C14H19BrFNO2/c1-18-7-5-17-9-10-4-6-19-14(10)12-3-2-11(16)8-13(12)15/h2-3,8,10,14,17H,4-7,9H2,1H3. The molecule has 19 heavy (non-hydrogen) atoms. The molecule has 106 valence electrons. The van der Waals surface area contributed by atoms with Gasteiger partial charge in [0.1, 0.15) is 5.82 Å². The van der Waals surface area contributed by atoms with Gasteiger partial charge in [-0.05, 0) is 24.1 Å². The van der Waals surface area contributed by atoms with Gasteiger partial charge in [0.2, 0.25) is 0 Å². The van der Waals surface area contributed by atoms with Gasteiger partial charge in [0.25, 0.3) is 0 Å². The van der Waals surface area contributed by atoms with Gasteiger partial charge in [0.15, 0.2) is 0 Å². The molecule has 1 fully saturated rings. The lowest BCUT2D eigenvalue weighted by atomic mass is 9.95. The molecule has 1 aromatic carbocycles. The highest BCUT2D eigenvalue weighted by Crippen LogP contribution is 2.37. The van der Waals surface area contributed by atoms with Crippen molar-refractivity contribution in [3.8, 4) is 0 Å². The molecule has 0 bridgehead atoms. The summed E-state index contributed by atoms with van der Waals surface area (Å²) < 4.78 is 24.7. The van der Waals surface area contributed by atoms with Crippen LogP contribution in [-0.4, -0.2) is 33.4 Å². The van der Waals surface area contributed by atoms with Crippen molar-refractivity contribution in [1.29, 1.82) is 0 Å². The molecule has 3 nitrogen and oxygen atoms in total. The average Bonchev–Trinajstić information content (AvgIpc) is 2.83. The van der Waals surface area contributed by atoms with Crippen molar-refractivity contribution >= 4 is 15.9 Å². The first kappa shape index (κ1) is 14.9. The average molecular weight is 332 g/mol. The maximum atomic E-state index is 13.1. The fraction of sp³-hybridized carbons (Fsp3) is 0.571. The van der Waals surface area contributed by atoms with Gasteiger partial charge in [-0.2, -0.15) is 0 Å². The van der Waals surface area contributed by atoms with E-state index in [0.717, 1.165) is 36.2 Å². The Kier molecular flexibility index (Phi) is 5.76. The molecule has 2 unspecified atom stereocenters. The predicted molar refractivity (Wildman–Crippen MR) is 75.6 cm³/mol. The smallest absolute Gasteiger partial charge is 0.124 e. The summed E-state index contributed by atoms with van der Waals surface area (Å²) in [5.41, 5.74) is 1.03. The Labute approximate surface area is 121 Å². The molecule has 1 saturated heterocycles. The summed E-state index contributed by atoms with van der Waals surface area (Å²) >= 11 is 3.42. The molecular formula is C14H19BrFNO2. The first-order valence-corrected chi connectivity index (χ1v) is 7.28. The number of halogens is 2. The van der Waals surface area contributed by atoms with Gasteiger partial charge < -0.3 is 14.8 Å². The summed E-state index contributed by atoms with van der Waals surface area (Å²) in [5.74, 6) is 0.182. The van der Waals surface area contributed by atoms with Crippen molar-refractivity contribution in [1.82, 2.24) is 5.32 Å². The van der Waals surface area contributed by atoms with E-state index < -0.39 is 0 Å². The molecular weight excluding hydrogens is 313 g/mol. The van der Waals surface area contributed by atoms with Gasteiger partial charge >= 0.3 is 0 Å². The highest BCUT2D eigenvalue weighted by molar-refractivity contribution is 9.10. The molecule has 2 rings (SSSR count). The SMILES string of the molecule is COCCNCC1CCOC1c1ccc(F)cc1Br. The number of rotatable bonds is 6. The van der Waals surface area contributed by atoms with Crippen molar-refractivity contribution in [2.45, 2.75) is 12.5 Å². The normalized spacial score (nSPS) is 22.9. The van der Waals surface area contributed by atoms with Crippen LogP contribution in [0.2, 0.25) is 0 Å². The summed E-state index contributed by atoms with van der Waals surface area (Å²) in [5, 5.41) is 3.36. The zero-order valence-electron chi connectivity index (χ0n) is 11.0. The molecule has 0 spiro atoms. The molecule has 0 radical (unpaired) electrons. The molecule has 1 aliphatic rings. The third-order valence-corrected chi connectivity index (χ3v) is 4.06. The van der Waals surface area contributed by atoms with Gasteiger partial charge in [0, 0.05) is 37.2 Å². The second-order valence-corrected chi connectivity index (χ2v) is 5.56. The Morgan fingerprint density at radius 3 is 3.11 bits per heavy atom. The fourth-order valence-corrected chi connectivity index (χ4v) is 2.96. The topological polar surface area (TPSA) is 30.5 Å². The Morgan fingerprint density at radius 1 is 1.53 bits per heavy atom. The number of nitrogens with one attached hydrogen (secondary N) is 1. The highest BCUT2D eigenvalue weighted by atomic mass is 79.9. The van der Waals surface area contributed by atoms with Crippen LogP contribution in [0.25, 0.3) is 0 Å². The lowest BCUT2D eigenvalue weighted by Crippen LogP contribution is -2.27. The van der Waals surface area contributed by atoms with Gasteiger partial charge in [-0.25, -0.2) is 4.39 Å². The fourth-order valence-electron chi connectivity index (χ4n) is 2.38. The lowest BCUT2D eigenvalue weighted by Gasteiger charge is -2.20. The molecule has 0 saturated carbocycles. The molecule has 5 heteroatoms. The van der Waals surface area contributed by atoms with Crippen molar-refractivity contribution in [2.24, 2.45) is 5.92 Å². The summed E-state index contributed by atoms with van der Waals surface area (Å²) in [4.78, 5) is 0. The number of ether oxygens (including phenoxy) is 2. The summed E-state index contributed by atoms with van der Waals surface area (Å²) in [6.07, 6.45) is 1.05. The van der Waals surface area contributed by atoms with Crippen molar-refractivity contribution in [3.63, 3.8) is 0 Å². The minimum absolute atomic E-state index is 0.0324. The van der Waals surface area contributed by atoms with E-state index in [0.29, 0.717) is 12.5 Å². The molecule has 2 atom stereocenters. The van der Waals surface area contributed by atoms with Crippen LogP contribution in [-0.2, 0) is 9.47 Å². The third-order valence-electron chi connectivity index (χ3n) is 3.37. The van der Waals surface area contributed by atoms with Crippen molar-refractivity contribution in [2.75, 3.05) is 33.4 Å². The monoisotopic (exact) mass is 331 g/mol. The Bertz CT molecular complexity index is 416. The van der Waals surface area contributed by atoms with E-state index in [1.165, 1.54) is 12.1 Å². The van der Waals surface area contributed by atoms with E-state index in [-0.39, 0.29) is 11.9 Å². The van der Waals surface area contributed by atoms with E-state index in [1.807, 2.05) is 0 Å². The number of methoxy groups -OCH3 is 1. The van der Waals surface area contributed by atoms with Crippen LogP contribution in [0.3, 0.4) is 0 Å². The second kappa shape index (κ2) is 7.33. The third kappa shape index (κ3) is 3.99. The van der Waals surface area contributed by atoms with E-state index >= 15 is 0 Å². The lowest BCUT2D eigenvalue weighted by molar-refractivity contribution is 0.0892. The molecule has 0 amide bonds. The molecule has 1 heterocycles. The van der Waals surface area contributed by atoms with E-state index in [1.54, 1.807) is 13.2 Å². The Hall–Kier alpha value is -0.490. The number of benzene rings is 1. The summed E-state index contributed by atoms with van der Waals surface area (Å²) in [7, 11) is 1.69. The van der Waals surface area contributed by atoms with Crippen LogP contribution in [0.1, 0.15) is 18.1 Å². The predicted octanol–water partition coefficient (Wildman–Crippen LogP) is 2.90. The maximum Gasteiger partial charge on any atom is 0.124 e. The van der Waals surface area contributed by atoms with Crippen molar-refractivity contribution in [3.05, 3.63) is 34.1 Å². The second-order valence-electron chi connectivity index (χ2n) is 4.70. The molecule has 1 aromatic rings. The minimum atomic E-state index is -0.233. The van der Waals surface area contributed by atoms with Crippen LogP contribution in [0.5, 0.6) is 0 Å². The Balaban J connectivity index is 1.97. The quantitative estimate of drug-likeness (QED) is 0.813. The summed E-state index contributed by atoms with van der Waals surface area (Å²) in [6.45, 7) is 3.19. The van der Waals surface area contributed by atoms with Gasteiger partial charge in [-0.3, -0.25) is 0 Å². The van der Waals surface area contributed by atoms with E-state index in [2.05, 4.69) is 21.2 Å². The van der Waals surface area contributed by atoms with Crippen LogP contribution in [0.4, 0.5) is 4.39 Å². The Morgan fingerprint density at radius 2 is 2.37 bits per heavy atom. The first-order chi connectivity index (χ1) is 9.22. The largest absolute Gasteiger partial charge is 0.383 e. The van der Waals surface area contributed by atoms with Gasteiger partial charge in [0.05, 0.1) is 12.7 Å². The highest BCUT2D eigenvalue weighted by Gasteiger charge is 2.30. The van der Waals surface area contributed by atoms with Crippen LogP contribution in [0, 0.1) is 11.7 Å². The maximum absolute atomic E-state index is 13.1. The van der Waals surface area contributed by atoms with Gasteiger partial charge in [-0.15, -0.1) is 0 Å². The van der Waals surface area contributed by atoms with Crippen LogP contribution < -0.4 is 5.32 Å². The zero-order valence-corrected chi connectivity index (χ0v) is 12.6. The first-order valence-electron chi connectivity index (χ1n) is 6.48.